The van der Waals surface area contributed by atoms with Crippen molar-refractivity contribution in [2.24, 2.45) is 0 Å². The summed E-state index contributed by atoms with van der Waals surface area (Å²) in [6, 6.07) is 18.7. The van der Waals surface area contributed by atoms with E-state index in [1.54, 1.807) is 19.2 Å². The smallest absolute Gasteiger partial charge is 0.287 e. The molecule has 4 aromatic rings. The molecule has 1 N–H and O–H groups in total. The Morgan fingerprint density at radius 2 is 1.86 bits per heavy atom. The minimum absolute atomic E-state index is 0.242. The van der Waals surface area contributed by atoms with Crippen LogP contribution >= 0.6 is 11.3 Å². The maximum atomic E-state index is 12.3. The Labute approximate surface area is 165 Å². The summed E-state index contributed by atoms with van der Waals surface area (Å²) in [6.45, 7) is 0.658. The number of carbonyl (C=O) groups is 1. The number of nitrogens with zero attached hydrogens (tertiary/aromatic N) is 1. The van der Waals surface area contributed by atoms with E-state index in [1.165, 1.54) is 11.3 Å². The van der Waals surface area contributed by atoms with Crippen molar-refractivity contribution in [3.63, 3.8) is 0 Å². The van der Waals surface area contributed by atoms with Gasteiger partial charge in [0.2, 0.25) is 0 Å². The predicted molar refractivity (Wildman–Crippen MR) is 108 cm³/mol. The lowest BCUT2D eigenvalue weighted by atomic mass is 10.3. The highest BCUT2D eigenvalue weighted by Crippen LogP contribution is 2.31. The van der Waals surface area contributed by atoms with Crippen LogP contribution in [0.1, 0.15) is 10.6 Å². The van der Waals surface area contributed by atoms with E-state index in [2.05, 4.69) is 10.3 Å². The summed E-state index contributed by atoms with van der Waals surface area (Å²) in [5, 5.41) is 3.53. The second-order valence-corrected chi connectivity index (χ2v) is 6.94. The first-order valence-electron chi connectivity index (χ1n) is 8.74. The van der Waals surface area contributed by atoms with Crippen LogP contribution in [0.25, 0.3) is 21.0 Å². The number of thiazole rings is 1. The molecular weight excluding hydrogens is 376 g/mol. The van der Waals surface area contributed by atoms with Gasteiger partial charge in [0.25, 0.3) is 5.91 Å². The normalized spacial score (nSPS) is 10.8. The molecule has 0 bridgehead atoms. The maximum Gasteiger partial charge on any atom is 0.287 e. The molecular formula is C21H18N2O4S. The van der Waals surface area contributed by atoms with Crippen molar-refractivity contribution in [2.45, 2.75) is 0 Å². The third-order valence-corrected chi connectivity index (χ3v) is 5.10. The van der Waals surface area contributed by atoms with E-state index in [9.17, 15) is 4.79 Å². The largest absolute Gasteiger partial charge is 0.493 e. The van der Waals surface area contributed by atoms with E-state index < -0.39 is 0 Å². The van der Waals surface area contributed by atoms with Gasteiger partial charge in [-0.2, -0.15) is 0 Å². The zero-order chi connectivity index (χ0) is 19.3. The average molecular weight is 394 g/mol. The molecule has 0 aliphatic rings. The zero-order valence-electron chi connectivity index (χ0n) is 15.2. The van der Waals surface area contributed by atoms with Crippen LogP contribution in [-0.4, -0.2) is 31.2 Å². The molecule has 142 valence electrons. The third-order valence-electron chi connectivity index (χ3n) is 4.05. The summed E-state index contributed by atoms with van der Waals surface area (Å²) < 4.78 is 17.6. The summed E-state index contributed by atoms with van der Waals surface area (Å²) in [7, 11) is 1.59. The number of para-hydroxylation sites is 3. The Hall–Kier alpha value is -3.32. The topological polar surface area (TPSA) is 73.6 Å². The number of carbonyl (C=O) groups excluding carboxylic acids is 1. The van der Waals surface area contributed by atoms with E-state index in [0.29, 0.717) is 30.4 Å². The summed E-state index contributed by atoms with van der Waals surface area (Å²) in [6.07, 6.45) is 0. The van der Waals surface area contributed by atoms with E-state index >= 15 is 0 Å². The average Bonchev–Trinajstić information content (AvgIpc) is 3.38. The molecule has 0 fully saturated rings. The molecule has 0 aliphatic heterocycles. The highest BCUT2D eigenvalue weighted by Gasteiger charge is 2.14. The van der Waals surface area contributed by atoms with Crippen molar-refractivity contribution in [3.8, 4) is 22.3 Å². The molecule has 28 heavy (non-hydrogen) atoms. The number of rotatable bonds is 7. The van der Waals surface area contributed by atoms with Crippen molar-refractivity contribution >= 4 is 27.5 Å². The zero-order valence-corrected chi connectivity index (χ0v) is 16.0. The van der Waals surface area contributed by atoms with E-state index in [1.807, 2.05) is 48.5 Å². The quantitative estimate of drug-likeness (QED) is 0.471. The van der Waals surface area contributed by atoms with Crippen molar-refractivity contribution in [2.75, 3.05) is 20.3 Å². The number of fused-ring (bicyclic) bond motifs is 1. The van der Waals surface area contributed by atoms with Crippen molar-refractivity contribution in [3.05, 3.63) is 66.4 Å². The highest BCUT2D eigenvalue weighted by atomic mass is 32.1. The van der Waals surface area contributed by atoms with Gasteiger partial charge < -0.3 is 19.2 Å². The first-order chi connectivity index (χ1) is 13.7. The molecule has 0 unspecified atom stereocenters. The number of methoxy groups -OCH3 is 1. The number of furan rings is 1. The second kappa shape index (κ2) is 8.14. The van der Waals surface area contributed by atoms with Gasteiger partial charge in [-0.1, -0.05) is 24.3 Å². The number of nitrogens with one attached hydrogen (secondary N) is 1. The lowest BCUT2D eigenvalue weighted by Gasteiger charge is -2.10. The minimum atomic E-state index is -0.295. The predicted octanol–water partition coefficient (Wildman–Crippen LogP) is 4.37. The van der Waals surface area contributed by atoms with Crippen molar-refractivity contribution < 1.29 is 18.7 Å². The van der Waals surface area contributed by atoms with Crippen LogP contribution in [0.4, 0.5) is 0 Å². The van der Waals surface area contributed by atoms with Gasteiger partial charge in [0.05, 0.1) is 23.9 Å². The van der Waals surface area contributed by atoms with Crippen molar-refractivity contribution in [1.29, 1.82) is 0 Å². The number of aromatic nitrogens is 1. The van der Waals surface area contributed by atoms with Crippen LogP contribution in [-0.2, 0) is 0 Å². The summed E-state index contributed by atoms with van der Waals surface area (Å²) in [5.41, 5.74) is 0.915. The van der Waals surface area contributed by atoms with E-state index in [-0.39, 0.29) is 11.7 Å². The van der Waals surface area contributed by atoms with Gasteiger partial charge in [-0.25, -0.2) is 4.98 Å². The number of ether oxygens (including phenoxy) is 2. The molecule has 0 saturated carbocycles. The van der Waals surface area contributed by atoms with Gasteiger partial charge in [-0.05, 0) is 36.4 Å². The molecule has 2 aromatic carbocycles. The van der Waals surface area contributed by atoms with Crippen molar-refractivity contribution in [1.82, 2.24) is 10.3 Å². The molecule has 0 spiro atoms. The maximum absolute atomic E-state index is 12.3. The van der Waals surface area contributed by atoms with Crippen LogP contribution in [0.5, 0.6) is 11.5 Å². The summed E-state index contributed by atoms with van der Waals surface area (Å²) >= 11 is 1.53. The van der Waals surface area contributed by atoms with Gasteiger partial charge in [-0.15, -0.1) is 11.3 Å². The Balaban J connectivity index is 1.34. The standard InChI is InChI=1S/C21H18N2O4S/c1-25-15-7-3-4-8-16(15)26-13-12-22-20(24)17-10-11-18(27-17)21-23-14-6-2-5-9-19(14)28-21/h2-11H,12-13H2,1H3,(H,22,24). The van der Waals surface area contributed by atoms with Gasteiger partial charge in [0.15, 0.2) is 28.0 Å². The Morgan fingerprint density at radius 1 is 1.07 bits per heavy atom. The second-order valence-electron chi connectivity index (χ2n) is 5.91. The van der Waals surface area contributed by atoms with E-state index in [4.69, 9.17) is 13.9 Å². The number of hydrogen-bond acceptors (Lipinski definition) is 6. The van der Waals surface area contributed by atoms with Crippen LogP contribution in [0, 0.1) is 0 Å². The molecule has 0 atom stereocenters. The van der Waals surface area contributed by atoms with Crippen LogP contribution in [0.3, 0.4) is 0 Å². The third kappa shape index (κ3) is 3.84. The summed E-state index contributed by atoms with van der Waals surface area (Å²) in [4.78, 5) is 16.8. The fourth-order valence-corrected chi connectivity index (χ4v) is 3.63. The highest BCUT2D eigenvalue weighted by molar-refractivity contribution is 7.21. The summed E-state index contributed by atoms with van der Waals surface area (Å²) in [5.74, 6) is 1.81. The Kier molecular flexibility index (Phi) is 5.25. The van der Waals surface area contributed by atoms with E-state index in [0.717, 1.165) is 15.2 Å². The molecule has 4 rings (SSSR count). The van der Waals surface area contributed by atoms with Gasteiger partial charge >= 0.3 is 0 Å². The first-order valence-corrected chi connectivity index (χ1v) is 9.56. The first kappa shape index (κ1) is 18.1. The molecule has 7 heteroatoms. The van der Waals surface area contributed by atoms with Gasteiger partial charge in [0, 0.05) is 0 Å². The molecule has 6 nitrogen and oxygen atoms in total. The van der Waals surface area contributed by atoms with Crippen LogP contribution in [0.15, 0.2) is 65.1 Å². The number of benzene rings is 2. The van der Waals surface area contributed by atoms with Gasteiger partial charge in [0.1, 0.15) is 6.61 Å². The SMILES string of the molecule is COc1ccccc1OCCNC(=O)c1ccc(-c2nc3ccccc3s2)o1. The lowest BCUT2D eigenvalue weighted by molar-refractivity contribution is 0.0920. The fourth-order valence-electron chi connectivity index (χ4n) is 2.70. The van der Waals surface area contributed by atoms with Crippen LogP contribution in [0.2, 0.25) is 0 Å². The number of hydrogen-bond donors (Lipinski definition) is 1. The number of amides is 1. The Morgan fingerprint density at radius 3 is 2.68 bits per heavy atom. The molecule has 2 heterocycles. The fraction of sp³-hybridized carbons (Fsp3) is 0.143. The molecule has 1 amide bonds. The molecule has 2 aromatic heterocycles. The van der Waals surface area contributed by atoms with Gasteiger partial charge in [-0.3, -0.25) is 4.79 Å². The monoisotopic (exact) mass is 394 g/mol. The molecule has 0 radical (unpaired) electrons. The molecule has 0 aliphatic carbocycles. The Bertz CT molecular complexity index is 1070. The minimum Gasteiger partial charge on any atom is -0.493 e. The lowest BCUT2D eigenvalue weighted by Crippen LogP contribution is -2.27. The molecule has 0 saturated heterocycles. The van der Waals surface area contributed by atoms with Crippen LogP contribution < -0.4 is 14.8 Å².